The molecule has 0 N–H and O–H groups in total. The zero-order valence-corrected chi connectivity index (χ0v) is 41.0. The van der Waals surface area contributed by atoms with Gasteiger partial charge in [0.1, 0.15) is 23.0 Å². The molecule has 0 radical (unpaired) electrons. The molecule has 0 aromatic heterocycles. The van der Waals surface area contributed by atoms with E-state index in [9.17, 15) is 9.59 Å². The van der Waals surface area contributed by atoms with Gasteiger partial charge in [-0.1, -0.05) is 148 Å². The first-order valence-electron chi connectivity index (χ1n) is 25.8. The Bertz CT molecular complexity index is 2040. The van der Waals surface area contributed by atoms with Gasteiger partial charge in [0, 0.05) is 18.5 Å². The minimum Gasteiger partial charge on any atom is -0.494 e. The number of carbonyl (C=O) groups is 2. The van der Waals surface area contributed by atoms with Gasteiger partial charge in [0.15, 0.2) is 0 Å². The summed E-state index contributed by atoms with van der Waals surface area (Å²) in [6.45, 7) is 6.00. The van der Waals surface area contributed by atoms with Crippen LogP contribution in [0.15, 0.2) is 131 Å². The van der Waals surface area contributed by atoms with Crippen molar-refractivity contribution in [3.63, 3.8) is 0 Å². The highest BCUT2D eigenvalue weighted by Crippen LogP contribution is 2.24. The van der Waals surface area contributed by atoms with Gasteiger partial charge in [0.2, 0.25) is 0 Å². The van der Waals surface area contributed by atoms with Gasteiger partial charge in [0.25, 0.3) is 0 Å². The highest BCUT2D eigenvalue weighted by atomic mass is 16.5. The molecule has 8 heteroatoms. The Morgan fingerprint density at radius 2 is 0.706 bits per heavy atom. The molecule has 0 saturated heterocycles. The second-order valence-corrected chi connectivity index (χ2v) is 17.8. The molecule has 68 heavy (non-hydrogen) atoms. The number of benzene rings is 5. The van der Waals surface area contributed by atoms with Crippen LogP contribution in [0.3, 0.4) is 0 Å². The first-order valence-corrected chi connectivity index (χ1v) is 25.8. The Morgan fingerprint density at radius 3 is 1.04 bits per heavy atom. The minimum absolute atomic E-state index is 0.252. The zero-order chi connectivity index (χ0) is 47.7. The molecular formula is C60H76N2O6. The smallest absolute Gasteiger partial charge is 0.343 e. The number of esters is 2. The first kappa shape index (κ1) is 52.9. The highest BCUT2D eigenvalue weighted by Gasteiger charge is 2.13. The molecule has 5 rings (SSSR count). The lowest BCUT2D eigenvalue weighted by Gasteiger charge is -2.08. The van der Waals surface area contributed by atoms with Crippen LogP contribution < -0.4 is 18.9 Å². The van der Waals surface area contributed by atoms with Crippen molar-refractivity contribution in [3.05, 3.63) is 144 Å². The van der Waals surface area contributed by atoms with E-state index in [1.807, 2.05) is 48.5 Å². The maximum atomic E-state index is 13.0. The van der Waals surface area contributed by atoms with Crippen LogP contribution in [-0.2, 0) is 0 Å². The number of nitrogens with zero attached hydrogens (tertiary/aromatic N) is 2. The van der Waals surface area contributed by atoms with Crippen LogP contribution in [0.1, 0.15) is 187 Å². The van der Waals surface area contributed by atoms with Crippen molar-refractivity contribution >= 4 is 35.7 Å². The van der Waals surface area contributed by atoms with E-state index in [-0.39, 0.29) is 11.5 Å². The van der Waals surface area contributed by atoms with E-state index in [1.54, 1.807) is 79.2 Å². The third-order valence-corrected chi connectivity index (χ3v) is 12.0. The molecule has 5 aromatic carbocycles. The first-order chi connectivity index (χ1) is 33.5. The molecular weight excluding hydrogens is 845 g/mol. The zero-order valence-electron chi connectivity index (χ0n) is 41.0. The van der Waals surface area contributed by atoms with Crippen molar-refractivity contribution in [2.75, 3.05) is 13.2 Å². The van der Waals surface area contributed by atoms with E-state index < -0.39 is 11.9 Å². The van der Waals surface area contributed by atoms with Crippen LogP contribution in [-0.4, -0.2) is 37.6 Å². The SMILES string of the molecule is CCCCCCCCCCCCCOc1ccc(C=Nc2ccc(C(=O)Oc3cccc(OC(=O)c4ccc(N=Cc5ccc(OCCCCCCCCCCCCC)cc5)cc4)c3)cc2)cc1. The van der Waals surface area contributed by atoms with Crippen molar-refractivity contribution in [2.24, 2.45) is 9.98 Å². The van der Waals surface area contributed by atoms with Gasteiger partial charge >= 0.3 is 11.9 Å². The van der Waals surface area contributed by atoms with Crippen molar-refractivity contribution < 1.29 is 28.5 Å². The molecule has 0 saturated carbocycles. The van der Waals surface area contributed by atoms with Crippen LogP contribution in [0.4, 0.5) is 11.4 Å². The van der Waals surface area contributed by atoms with Crippen LogP contribution in [0.2, 0.25) is 0 Å². The molecule has 0 spiro atoms. The summed E-state index contributed by atoms with van der Waals surface area (Å²) in [6, 6.07) is 36.0. The topological polar surface area (TPSA) is 95.8 Å². The third kappa shape index (κ3) is 21.7. The Morgan fingerprint density at radius 1 is 0.382 bits per heavy atom. The quantitative estimate of drug-likeness (QED) is 0.0176. The van der Waals surface area contributed by atoms with Crippen molar-refractivity contribution in [2.45, 2.75) is 155 Å². The van der Waals surface area contributed by atoms with Gasteiger partial charge < -0.3 is 18.9 Å². The highest BCUT2D eigenvalue weighted by molar-refractivity contribution is 5.93. The van der Waals surface area contributed by atoms with Gasteiger partial charge in [-0.2, -0.15) is 0 Å². The number of rotatable bonds is 34. The fraction of sp³-hybridized carbons (Fsp3) is 0.433. The number of aliphatic imine (C=N–C) groups is 2. The summed E-state index contributed by atoms with van der Waals surface area (Å²) < 4.78 is 23.1. The normalized spacial score (nSPS) is 11.3. The number of unbranched alkanes of at least 4 members (excludes halogenated alkanes) is 20. The lowest BCUT2D eigenvalue weighted by molar-refractivity contribution is 0.0732. The van der Waals surface area contributed by atoms with Crippen LogP contribution >= 0.6 is 0 Å². The van der Waals surface area contributed by atoms with E-state index in [2.05, 4.69) is 23.8 Å². The number of hydrogen-bond acceptors (Lipinski definition) is 8. The Labute approximate surface area is 407 Å². The van der Waals surface area contributed by atoms with Crippen molar-refractivity contribution in [3.8, 4) is 23.0 Å². The molecule has 0 atom stereocenters. The average Bonchev–Trinajstić information content (AvgIpc) is 3.37. The second kappa shape index (κ2) is 32.6. The second-order valence-electron chi connectivity index (χ2n) is 17.8. The number of ether oxygens (including phenoxy) is 4. The third-order valence-electron chi connectivity index (χ3n) is 12.0. The molecule has 0 aliphatic rings. The molecule has 0 aliphatic heterocycles. The standard InChI is InChI=1S/C60H76N2O6/c1-3-5-7-9-11-13-15-17-19-21-23-44-65-55-40-28-49(29-41-55)47-61-53-36-32-51(33-37-53)59(63)67-57-26-25-27-58(46-57)68-60(64)52-34-38-54(39-35-52)62-48-50-30-42-56(43-31-50)66-45-24-22-20-18-16-14-12-10-8-6-4-2/h25-43,46-48H,3-24,44-45H2,1-2H3. The molecule has 0 amide bonds. The molecule has 0 unspecified atom stereocenters. The van der Waals surface area contributed by atoms with E-state index in [0.717, 1.165) is 48.7 Å². The van der Waals surface area contributed by atoms with E-state index in [4.69, 9.17) is 18.9 Å². The van der Waals surface area contributed by atoms with Gasteiger partial charge in [-0.25, -0.2) is 9.59 Å². The lowest BCUT2D eigenvalue weighted by Crippen LogP contribution is -2.10. The fourth-order valence-corrected chi connectivity index (χ4v) is 7.81. The predicted molar refractivity (Wildman–Crippen MR) is 281 cm³/mol. The maximum absolute atomic E-state index is 13.0. The maximum Gasteiger partial charge on any atom is 0.343 e. The van der Waals surface area contributed by atoms with Gasteiger partial charge in [-0.3, -0.25) is 9.98 Å². The number of hydrogen-bond donors (Lipinski definition) is 0. The Balaban J connectivity index is 0.956. The largest absolute Gasteiger partial charge is 0.494 e. The van der Waals surface area contributed by atoms with Crippen molar-refractivity contribution in [1.29, 1.82) is 0 Å². The predicted octanol–water partition coefficient (Wildman–Crippen LogP) is 17.0. The Kier molecular flexibility index (Phi) is 25.4. The Hall–Kier alpha value is -6.02. The summed E-state index contributed by atoms with van der Waals surface area (Å²) >= 11 is 0. The summed E-state index contributed by atoms with van der Waals surface area (Å²) in [6.07, 6.45) is 32.5. The molecule has 0 aliphatic carbocycles. The van der Waals surface area contributed by atoms with Crippen LogP contribution in [0, 0.1) is 0 Å². The van der Waals surface area contributed by atoms with Gasteiger partial charge in [0.05, 0.1) is 35.7 Å². The summed E-state index contributed by atoms with van der Waals surface area (Å²) in [4.78, 5) is 35.1. The van der Waals surface area contributed by atoms with E-state index in [0.29, 0.717) is 22.5 Å². The molecule has 0 heterocycles. The van der Waals surface area contributed by atoms with Crippen molar-refractivity contribution in [1.82, 2.24) is 0 Å². The average molecular weight is 921 g/mol. The van der Waals surface area contributed by atoms with Crippen LogP contribution in [0.25, 0.3) is 0 Å². The summed E-state index contributed by atoms with van der Waals surface area (Å²) in [5.74, 6) is 1.15. The summed E-state index contributed by atoms with van der Waals surface area (Å²) in [7, 11) is 0. The lowest BCUT2D eigenvalue weighted by atomic mass is 10.1. The van der Waals surface area contributed by atoms with E-state index >= 15 is 0 Å². The van der Waals surface area contributed by atoms with Crippen LogP contribution in [0.5, 0.6) is 23.0 Å². The molecule has 5 aromatic rings. The fourth-order valence-electron chi connectivity index (χ4n) is 7.81. The minimum atomic E-state index is -0.539. The number of carbonyl (C=O) groups excluding carboxylic acids is 2. The van der Waals surface area contributed by atoms with E-state index in [1.165, 1.54) is 134 Å². The molecule has 0 fully saturated rings. The van der Waals surface area contributed by atoms with Gasteiger partial charge in [-0.05, 0) is 133 Å². The molecule has 8 nitrogen and oxygen atoms in total. The van der Waals surface area contributed by atoms with Gasteiger partial charge in [-0.15, -0.1) is 0 Å². The summed E-state index contributed by atoms with van der Waals surface area (Å²) in [5.41, 5.74) is 4.03. The molecule has 0 bridgehead atoms. The summed E-state index contributed by atoms with van der Waals surface area (Å²) in [5, 5.41) is 0. The monoisotopic (exact) mass is 921 g/mol. The molecule has 362 valence electrons.